The minimum atomic E-state index is -0.385. The third kappa shape index (κ3) is 3.27. The zero-order valence-electron chi connectivity index (χ0n) is 10.5. The first kappa shape index (κ1) is 13.0. The standard InChI is InChI=1S/C13H18FN3O/c1-10-3-2-4-11(14)13(10)16-12(18)9-17-7-5-15-6-8-17/h2-4,15H,5-9H2,1H3,(H,16,18). The van der Waals surface area contributed by atoms with Crippen LogP contribution in [0.1, 0.15) is 5.56 Å². The quantitative estimate of drug-likeness (QED) is 0.841. The fraction of sp³-hybridized carbons (Fsp3) is 0.462. The van der Waals surface area contributed by atoms with E-state index in [-0.39, 0.29) is 17.4 Å². The molecule has 1 aliphatic heterocycles. The summed E-state index contributed by atoms with van der Waals surface area (Å²) in [6.45, 7) is 5.59. The van der Waals surface area contributed by atoms with Crippen LogP contribution in [-0.2, 0) is 4.79 Å². The molecule has 18 heavy (non-hydrogen) atoms. The summed E-state index contributed by atoms with van der Waals surface area (Å²) in [7, 11) is 0. The summed E-state index contributed by atoms with van der Waals surface area (Å²) in [6, 6.07) is 4.77. The SMILES string of the molecule is Cc1cccc(F)c1NC(=O)CN1CCNCC1. The molecule has 0 aromatic heterocycles. The third-order valence-corrected chi connectivity index (χ3v) is 3.06. The summed E-state index contributed by atoms with van der Waals surface area (Å²) < 4.78 is 13.6. The minimum absolute atomic E-state index is 0.162. The van der Waals surface area contributed by atoms with Crippen molar-refractivity contribution in [3.8, 4) is 0 Å². The average Bonchev–Trinajstić information content (AvgIpc) is 2.35. The van der Waals surface area contributed by atoms with Crippen LogP contribution in [0.2, 0.25) is 0 Å². The summed E-state index contributed by atoms with van der Waals surface area (Å²) in [5.74, 6) is -0.547. The first-order chi connectivity index (χ1) is 8.66. The van der Waals surface area contributed by atoms with Crippen molar-refractivity contribution in [2.45, 2.75) is 6.92 Å². The van der Waals surface area contributed by atoms with E-state index in [0.717, 1.165) is 31.7 Å². The number of para-hydroxylation sites is 1. The Balaban J connectivity index is 1.94. The second-order valence-electron chi connectivity index (χ2n) is 4.51. The summed E-state index contributed by atoms with van der Waals surface area (Å²) in [5, 5.41) is 5.87. The number of hydrogen-bond acceptors (Lipinski definition) is 3. The number of rotatable bonds is 3. The number of amides is 1. The highest BCUT2D eigenvalue weighted by molar-refractivity contribution is 5.93. The number of nitrogens with one attached hydrogen (secondary N) is 2. The molecule has 1 aliphatic rings. The molecule has 2 rings (SSSR count). The van der Waals surface area contributed by atoms with Crippen LogP contribution in [0.5, 0.6) is 0 Å². The van der Waals surface area contributed by atoms with Gasteiger partial charge >= 0.3 is 0 Å². The molecular weight excluding hydrogens is 233 g/mol. The van der Waals surface area contributed by atoms with Crippen LogP contribution in [0.4, 0.5) is 10.1 Å². The first-order valence-corrected chi connectivity index (χ1v) is 6.15. The van der Waals surface area contributed by atoms with Crippen molar-refractivity contribution >= 4 is 11.6 Å². The van der Waals surface area contributed by atoms with E-state index >= 15 is 0 Å². The van der Waals surface area contributed by atoms with Crippen molar-refractivity contribution in [1.29, 1.82) is 0 Å². The van der Waals surface area contributed by atoms with Gasteiger partial charge in [0.1, 0.15) is 5.82 Å². The van der Waals surface area contributed by atoms with Crippen molar-refractivity contribution in [2.24, 2.45) is 0 Å². The number of carbonyl (C=O) groups is 1. The monoisotopic (exact) mass is 251 g/mol. The number of benzene rings is 1. The van der Waals surface area contributed by atoms with E-state index in [9.17, 15) is 9.18 Å². The number of anilines is 1. The van der Waals surface area contributed by atoms with E-state index in [4.69, 9.17) is 0 Å². The van der Waals surface area contributed by atoms with Gasteiger partial charge in [0.15, 0.2) is 0 Å². The lowest BCUT2D eigenvalue weighted by Gasteiger charge is -2.26. The molecular formula is C13H18FN3O. The maximum Gasteiger partial charge on any atom is 0.238 e. The molecule has 1 aromatic rings. The Bertz CT molecular complexity index is 410. The predicted molar refractivity (Wildman–Crippen MR) is 69.1 cm³/mol. The number of nitrogens with zero attached hydrogens (tertiary/aromatic N) is 1. The number of piperazine rings is 1. The van der Waals surface area contributed by atoms with E-state index in [2.05, 4.69) is 15.5 Å². The van der Waals surface area contributed by atoms with Gasteiger partial charge in [-0.2, -0.15) is 0 Å². The van der Waals surface area contributed by atoms with Crippen LogP contribution in [-0.4, -0.2) is 43.5 Å². The third-order valence-electron chi connectivity index (χ3n) is 3.06. The van der Waals surface area contributed by atoms with Gasteiger partial charge in [0.2, 0.25) is 5.91 Å². The molecule has 0 spiro atoms. The molecule has 0 aliphatic carbocycles. The number of carbonyl (C=O) groups excluding carboxylic acids is 1. The largest absolute Gasteiger partial charge is 0.322 e. The van der Waals surface area contributed by atoms with Gasteiger partial charge in [-0.1, -0.05) is 12.1 Å². The van der Waals surface area contributed by atoms with Crippen LogP contribution in [0.3, 0.4) is 0 Å². The highest BCUT2D eigenvalue weighted by Crippen LogP contribution is 2.18. The molecule has 1 amide bonds. The van der Waals surface area contributed by atoms with Crippen LogP contribution < -0.4 is 10.6 Å². The van der Waals surface area contributed by atoms with E-state index in [1.807, 2.05) is 0 Å². The Morgan fingerprint density at radius 1 is 1.44 bits per heavy atom. The molecule has 1 heterocycles. The Kier molecular flexibility index (Phi) is 4.28. The second-order valence-corrected chi connectivity index (χ2v) is 4.51. The van der Waals surface area contributed by atoms with Gasteiger partial charge in [0.05, 0.1) is 12.2 Å². The summed E-state index contributed by atoms with van der Waals surface area (Å²) in [4.78, 5) is 13.9. The van der Waals surface area contributed by atoms with Gasteiger partial charge in [-0.15, -0.1) is 0 Å². The van der Waals surface area contributed by atoms with Crippen LogP contribution in [0, 0.1) is 12.7 Å². The van der Waals surface area contributed by atoms with Crippen LogP contribution in [0.15, 0.2) is 18.2 Å². The summed E-state index contributed by atoms with van der Waals surface area (Å²) in [5.41, 5.74) is 1.03. The van der Waals surface area contributed by atoms with E-state index in [1.165, 1.54) is 6.07 Å². The molecule has 1 fully saturated rings. The topological polar surface area (TPSA) is 44.4 Å². The van der Waals surface area contributed by atoms with Gasteiger partial charge in [-0.25, -0.2) is 4.39 Å². The maximum absolute atomic E-state index is 13.6. The number of hydrogen-bond donors (Lipinski definition) is 2. The van der Waals surface area contributed by atoms with E-state index < -0.39 is 0 Å². The second kappa shape index (κ2) is 5.93. The molecule has 0 unspecified atom stereocenters. The molecule has 98 valence electrons. The fourth-order valence-electron chi connectivity index (χ4n) is 2.04. The lowest BCUT2D eigenvalue weighted by Crippen LogP contribution is -2.46. The Hall–Kier alpha value is -1.46. The van der Waals surface area contributed by atoms with E-state index in [1.54, 1.807) is 19.1 Å². The molecule has 1 saturated heterocycles. The normalized spacial score (nSPS) is 16.6. The lowest BCUT2D eigenvalue weighted by atomic mass is 10.2. The van der Waals surface area contributed by atoms with Gasteiger partial charge in [-0.05, 0) is 18.6 Å². The Labute approximate surface area is 106 Å². The Morgan fingerprint density at radius 3 is 2.83 bits per heavy atom. The van der Waals surface area contributed by atoms with Crippen molar-refractivity contribution in [2.75, 3.05) is 38.0 Å². The number of aryl methyl sites for hydroxylation is 1. The number of halogens is 1. The van der Waals surface area contributed by atoms with Crippen molar-refractivity contribution in [3.63, 3.8) is 0 Å². The molecule has 0 saturated carbocycles. The smallest absolute Gasteiger partial charge is 0.238 e. The maximum atomic E-state index is 13.6. The zero-order chi connectivity index (χ0) is 13.0. The highest BCUT2D eigenvalue weighted by Gasteiger charge is 2.15. The molecule has 4 nitrogen and oxygen atoms in total. The molecule has 1 aromatic carbocycles. The van der Waals surface area contributed by atoms with Gasteiger partial charge in [0, 0.05) is 26.2 Å². The van der Waals surface area contributed by atoms with Crippen molar-refractivity contribution < 1.29 is 9.18 Å². The minimum Gasteiger partial charge on any atom is -0.322 e. The summed E-state index contributed by atoms with van der Waals surface area (Å²) in [6.07, 6.45) is 0. The van der Waals surface area contributed by atoms with Crippen molar-refractivity contribution in [3.05, 3.63) is 29.6 Å². The molecule has 5 heteroatoms. The molecule has 2 N–H and O–H groups in total. The fourth-order valence-corrected chi connectivity index (χ4v) is 2.04. The predicted octanol–water partition coefficient (Wildman–Crippen LogP) is 0.978. The van der Waals surface area contributed by atoms with Gasteiger partial charge in [-0.3, -0.25) is 9.69 Å². The van der Waals surface area contributed by atoms with Gasteiger partial charge < -0.3 is 10.6 Å². The van der Waals surface area contributed by atoms with Crippen molar-refractivity contribution in [1.82, 2.24) is 10.2 Å². The Morgan fingerprint density at radius 2 is 2.17 bits per heavy atom. The molecule has 0 bridgehead atoms. The van der Waals surface area contributed by atoms with E-state index in [0.29, 0.717) is 6.54 Å². The summed E-state index contributed by atoms with van der Waals surface area (Å²) >= 11 is 0. The first-order valence-electron chi connectivity index (χ1n) is 6.15. The van der Waals surface area contributed by atoms with Gasteiger partial charge in [0.25, 0.3) is 0 Å². The molecule has 0 radical (unpaired) electrons. The molecule has 0 atom stereocenters. The zero-order valence-corrected chi connectivity index (χ0v) is 10.5. The van der Waals surface area contributed by atoms with Crippen LogP contribution in [0.25, 0.3) is 0 Å². The average molecular weight is 251 g/mol. The highest BCUT2D eigenvalue weighted by atomic mass is 19.1. The lowest BCUT2D eigenvalue weighted by molar-refractivity contribution is -0.117. The van der Waals surface area contributed by atoms with Crippen LogP contribution >= 0.6 is 0 Å².